The van der Waals surface area contributed by atoms with Gasteiger partial charge in [-0.3, -0.25) is 19.7 Å². The van der Waals surface area contributed by atoms with Gasteiger partial charge < -0.3 is 15.1 Å². The van der Waals surface area contributed by atoms with Gasteiger partial charge in [0, 0.05) is 32.6 Å². The average molecular weight is 445 g/mol. The predicted molar refractivity (Wildman–Crippen MR) is 113 cm³/mol. The number of amides is 4. The predicted octanol–water partition coefficient (Wildman–Crippen LogP) is 0.523. The minimum atomic E-state index is -0.668. The number of halogens is 1. The summed E-state index contributed by atoms with van der Waals surface area (Å²) in [5.41, 5.74) is 0.764. The third-order valence-electron chi connectivity index (χ3n) is 5.38. The van der Waals surface area contributed by atoms with Gasteiger partial charge in [-0.1, -0.05) is 29.8 Å². The quantitative estimate of drug-likeness (QED) is 0.649. The van der Waals surface area contributed by atoms with Crippen molar-refractivity contribution in [3.8, 4) is 5.69 Å². The Morgan fingerprint density at radius 3 is 2.45 bits per heavy atom. The van der Waals surface area contributed by atoms with Crippen LogP contribution in [0.15, 0.2) is 41.3 Å². The van der Waals surface area contributed by atoms with Crippen molar-refractivity contribution in [2.45, 2.75) is 18.9 Å². The molecule has 162 valence electrons. The number of hydrogen-bond donors (Lipinski definition) is 2. The van der Waals surface area contributed by atoms with E-state index in [4.69, 9.17) is 11.6 Å². The fraction of sp³-hybridized carbons (Fsp3) is 0.350. The van der Waals surface area contributed by atoms with Crippen molar-refractivity contribution in [2.24, 2.45) is 0 Å². The van der Waals surface area contributed by atoms with E-state index in [1.165, 1.54) is 4.68 Å². The van der Waals surface area contributed by atoms with Crippen molar-refractivity contribution in [1.29, 1.82) is 0 Å². The number of carbonyl (C=O) groups is 3. The van der Waals surface area contributed by atoms with Crippen LogP contribution in [0.2, 0.25) is 5.02 Å². The van der Waals surface area contributed by atoms with Gasteiger partial charge in [-0.2, -0.15) is 9.78 Å². The van der Waals surface area contributed by atoms with E-state index >= 15 is 0 Å². The second kappa shape index (κ2) is 8.76. The molecule has 0 bridgehead atoms. The second-order valence-corrected chi connectivity index (χ2v) is 7.70. The van der Waals surface area contributed by atoms with E-state index in [0.717, 1.165) is 0 Å². The summed E-state index contributed by atoms with van der Waals surface area (Å²) in [5, 5.41) is 8.97. The lowest BCUT2D eigenvalue weighted by molar-refractivity contribution is -0.131. The van der Waals surface area contributed by atoms with E-state index < -0.39 is 23.5 Å². The van der Waals surface area contributed by atoms with Gasteiger partial charge in [-0.05, 0) is 18.6 Å². The highest BCUT2D eigenvalue weighted by Crippen LogP contribution is 2.23. The van der Waals surface area contributed by atoms with Crippen LogP contribution in [0.1, 0.15) is 12.8 Å². The molecule has 0 spiro atoms. The normalized spacial score (nSPS) is 18.7. The Morgan fingerprint density at radius 1 is 1.10 bits per heavy atom. The third kappa shape index (κ3) is 4.38. The lowest BCUT2D eigenvalue weighted by Crippen LogP contribution is -2.49. The zero-order valence-corrected chi connectivity index (χ0v) is 17.3. The molecule has 10 nitrogen and oxygen atoms in total. The molecule has 2 fully saturated rings. The first-order chi connectivity index (χ1) is 14.9. The maximum absolute atomic E-state index is 12.7. The molecule has 2 N–H and O–H groups in total. The number of carbonyl (C=O) groups excluding carboxylic acids is 3. The number of rotatable bonds is 5. The molecule has 11 heteroatoms. The molecule has 1 atom stereocenters. The number of hydrogen-bond acceptors (Lipinski definition) is 6. The van der Waals surface area contributed by atoms with Crippen molar-refractivity contribution in [3.05, 3.63) is 51.9 Å². The van der Waals surface area contributed by atoms with Gasteiger partial charge in [0.15, 0.2) is 0 Å². The van der Waals surface area contributed by atoms with Gasteiger partial charge in [0.05, 0.1) is 17.6 Å². The largest absolute Gasteiger partial charge is 0.365 e. The summed E-state index contributed by atoms with van der Waals surface area (Å²) in [6, 6.07) is 7.83. The van der Waals surface area contributed by atoms with E-state index in [1.54, 1.807) is 23.2 Å². The number of anilines is 1. The maximum atomic E-state index is 12.7. The Labute approximate surface area is 182 Å². The monoisotopic (exact) mass is 444 g/mol. The summed E-state index contributed by atoms with van der Waals surface area (Å²) in [4.78, 5) is 51.5. The number of nitrogens with zero attached hydrogens (tertiary/aromatic N) is 4. The fourth-order valence-corrected chi connectivity index (χ4v) is 3.93. The van der Waals surface area contributed by atoms with E-state index in [2.05, 4.69) is 15.7 Å². The number of urea groups is 1. The van der Waals surface area contributed by atoms with Crippen molar-refractivity contribution in [1.82, 2.24) is 25.3 Å². The van der Waals surface area contributed by atoms with Crippen molar-refractivity contribution < 1.29 is 14.4 Å². The summed E-state index contributed by atoms with van der Waals surface area (Å²) in [5.74, 6) is -0.493. The highest BCUT2D eigenvalue weighted by atomic mass is 35.5. The van der Waals surface area contributed by atoms with Gasteiger partial charge in [0.1, 0.15) is 11.1 Å². The number of nitrogens with one attached hydrogen (secondary N) is 2. The molecule has 0 unspecified atom stereocenters. The minimum absolute atomic E-state index is 0.0848. The Balaban J connectivity index is 1.36. The summed E-state index contributed by atoms with van der Waals surface area (Å²) in [6.07, 6.45) is 1.98. The first kappa shape index (κ1) is 20.9. The minimum Gasteiger partial charge on any atom is -0.365 e. The van der Waals surface area contributed by atoms with Crippen molar-refractivity contribution in [2.75, 3.05) is 31.1 Å². The molecular weight excluding hydrogens is 424 g/mol. The van der Waals surface area contributed by atoms with Gasteiger partial charge in [0.25, 0.3) is 11.5 Å². The summed E-state index contributed by atoms with van der Waals surface area (Å²) >= 11 is 6.36. The molecule has 2 aromatic rings. The van der Waals surface area contributed by atoms with Crippen LogP contribution in [0, 0.1) is 0 Å². The van der Waals surface area contributed by atoms with Gasteiger partial charge in [0.2, 0.25) is 5.91 Å². The Hall–Kier alpha value is -3.40. The van der Waals surface area contributed by atoms with Gasteiger partial charge in [-0.25, -0.2) is 4.79 Å². The van der Waals surface area contributed by atoms with Crippen LogP contribution in [0.4, 0.5) is 10.5 Å². The van der Waals surface area contributed by atoms with Crippen molar-refractivity contribution in [3.63, 3.8) is 0 Å². The Kier molecular flexibility index (Phi) is 5.90. The molecular formula is C20H21ClN6O4. The summed E-state index contributed by atoms with van der Waals surface area (Å²) in [6.45, 7) is 1.92. The molecule has 31 heavy (non-hydrogen) atoms. The molecule has 0 radical (unpaired) electrons. The molecule has 2 saturated heterocycles. The highest BCUT2D eigenvalue weighted by molar-refractivity contribution is 6.33. The molecule has 0 aliphatic carbocycles. The van der Waals surface area contributed by atoms with Crippen molar-refractivity contribution >= 4 is 35.1 Å². The third-order valence-corrected chi connectivity index (χ3v) is 5.74. The molecule has 0 saturated carbocycles. The van der Waals surface area contributed by atoms with E-state index in [1.807, 2.05) is 23.1 Å². The van der Waals surface area contributed by atoms with Crippen LogP contribution in [-0.2, 0) is 9.59 Å². The molecule has 1 aromatic carbocycles. The summed E-state index contributed by atoms with van der Waals surface area (Å²) in [7, 11) is 0. The number of aromatic nitrogens is 2. The smallest absolute Gasteiger partial charge is 0.322 e. The fourth-order valence-electron chi connectivity index (χ4n) is 3.68. The maximum Gasteiger partial charge on any atom is 0.322 e. The number of imide groups is 1. The SMILES string of the molecule is O=C1NC(=O)[C@@H](CCC(=O)N2CCN(c3cnn(-c4ccccc4)c(=O)c3Cl)CC2)N1. The standard InChI is InChI=1S/C20H21ClN6O4/c21-17-15(12-22-27(19(17)30)13-4-2-1-3-5-13)25-8-10-26(11-9-25)16(28)7-6-14-18(29)24-20(31)23-14/h1-5,12,14H,6-11H2,(H2,23,24,29,31)/t14-/m1/s1. The van der Waals surface area contributed by atoms with Gasteiger partial charge >= 0.3 is 6.03 Å². The zero-order chi connectivity index (χ0) is 22.0. The molecule has 2 aliphatic heterocycles. The number of piperazine rings is 1. The van der Waals surface area contributed by atoms with Crippen LogP contribution >= 0.6 is 11.6 Å². The Bertz CT molecular complexity index is 1070. The Morgan fingerprint density at radius 2 is 1.81 bits per heavy atom. The van der Waals surface area contributed by atoms with Gasteiger partial charge in [-0.15, -0.1) is 0 Å². The lowest BCUT2D eigenvalue weighted by atomic mass is 10.1. The topological polar surface area (TPSA) is 117 Å². The van der Waals surface area contributed by atoms with E-state index in [-0.39, 0.29) is 23.8 Å². The first-order valence-corrected chi connectivity index (χ1v) is 10.3. The summed E-state index contributed by atoms with van der Waals surface area (Å²) < 4.78 is 1.25. The number of para-hydroxylation sites is 1. The van der Waals surface area contributed by atoms with Crippen LogP contribution in [0.25, 0.3) is 5.69 Å². The molecule has 3 heterocycles. The first-order valence-electron chi connectivity index (χ1n) is 9.91. The average Bonchev–Trinajstić information content (AvgIpc) is 3.11. The van der Waals surface area contributed by atoms with E-state index in [9.17, 15) is 19.2 Å². The molecule has 1 aromatic heterocycles. The highest BCUT2D eigenvalue weighted by Gasteiger charge is 2.31. The van der Waals surface area contributed by atoms with Crippen LogP contribution in [0.5, 0.6) is 0 Å². The molecule has 2 aliphatic rings. The second-order valence-electron chi connectivity index (χ2n) is 7.32. The van der Waals surface area contributed by atoms with Crippen LogP contribution in [0.3, 0.4) is 0 Å². The van der Waals surface area contributed by atoms with E-state index in [0.29, 0.717) is 37.6 Å². The number of benzene rings is 1. The van der Waals surface area contributed by atoms with Crippen LogP contribution in [-0.4, -0.2) is 64.7 Å². The van der Waals surface area contributed by atoms with Crippen LogP contribution < -0.4 is 21.1 Å². The zero-order valence-electron chi connectivity index (χ0n) is 16.6. The lowest BCUT2D eigenvalue weighted by Gasteiger charge is -2.36. The molecule has 4 rings (SSSR count). The molecule has 4 amide bonds.